The van der Waals surface area contributed by atoms with Crippen LogP contribution in [0.25, 0.3) is 32.8 Å². The van der Waals surface area contributed by atoms with E-state index in [9.17, 15) is 0 Å². The van der Waals surface area contributed by atoms with Gasteiger partial charge in [0.05, 0.1) is 27.8 Å². The molecule has 1 aliphatic heterocycles. The number of para-hydroxylation sites is 2. The molecular formula is C23H17N5. The van der Waals surface area contributed by atoms with Crippen molar-refractivity contribution in [1.29, 1.82) is 0 Å². The van der Waals surface area contributed by atoms with Crippen LogP contribution in [0.4, 0.5) is 5.82 Å². The van der Waals surface area contributed by atoms with E-state index in [0.717, 1.165) is 57.4 Å². The molecular weight excluding hydrogens is 346 g/mol. The van der Waals surface area contributed by atoms with Crippen molar-refractivity contribution in [2.75, 3.05) is 18.0 Å². The lowest BCUT2D eigenvalue weighted by molar-refractivity contribution is 0.509. The molecule has 28 heavy (non-hydrogen) atoms. The molecule has 134 valence electrons. The van der Waals surface area contributed by atoms with Crippen LogP contribution in [0.1, 0.15) is 11.6 Å². The molecule has 0 bridgehead atoms. The van der Waals surface area contributed by atoms with Gasteiger partial charge in [-0.25, -0.2) is 9.97 Å². The molecule has 5 heteroatoms. The summed E-state index contributed by atoms with van der Waals surface area (Å²) >= 11 is 0. The molecule has 5 aromatic rings. The summed E-state index contributed by atoms with van der Waals surface area (Å²) in [6, 6.07) is 20.5. The van der Waals surface area contributed by atoms with E-state index >= 15 is 0 Å². The molecule has 1 saturated heterocycles. The number of fused-ring (bicyclic) bond motifs is 4. The molecule has 3 aromatic heterocycles. The molecule has 0 N–H and O–H groups in total. The maximum Gasteiger partial charge on any atom is 0.129 e. The van der Waals surface area contributed by atoms with Gasteiger partial charge in [0.1, 0.15) is 5.82 Å². The minimum atomic E-state index is 0.389. The van der Waals surface area contributed by atoms with Gasteiger partial charge in [-0.3, -0.25) is 9.97 Å². The van der Waals surface area contributed by atoms with Crippen molar-refractivity contribution in [1.82, 2.24) is 19.9 Å². The van der Waals surface area contributed by atoms with Gasteiger partial charge in [-0.15, -0.1) is 0 Å². The lowest BCUT2D eigenvalue weighted by atomic mass is 9.96. The number of hydrogen-bond donors (Lipinski definition) is 0. The third kappa shape index (κ3) is 2.40. The van der Waals surface area contributed by atoms with Crippen molar-refractivity contribution in [3.63, 3.8) is 0 Å². The Bertz CT molecular complexity index is 1340. The van der Waals surface area contributed by atoms with Gasteiger partial charge in [-0.1, -0.05) is 30.3 Å². The van der Waals surface area contributed by atoms with E-state index in [4.69, 9.17) is 9.97 Å². The normalized spacial score (nSPS) is 14.6. The average Bonchev–Trinajstić information content (AvgIpc) is 2.72. The molecule has 5 nitrogen and oxygen atoms in total. The van der Waals surface area contributed by atoms with Crippen molar-refractivity contribution in [3.8, 4) is 0 Å². The number of hydrogen-bond acceptors (Lipinski definition) is 5. The Kier molecular flexibility index (Phi) is 3.29. The topological polar surface area (TPSA) is 54.8 Å². The summed E-state index contributed by atoms with van der Waals surface area (Å²) in [6.45, 7) is 1.81. The fourth-order valence-corrected chi connectivity index (χ4v) is 3.91. The summed E-state index contributed by atoms with van der Waals surface area (Å²) in [5.41, 5.74) is 4.88. The third-order valence-corrected chi connectivity index (χ3v) is 5.51. The third-order valence-electron chi connectivity index (χ3n) is 5.51. The van der Waals surface area contributed by atoms with Crippen LogP contribution in [0.5, 0.6) is 0 Å². The first kappa shape index (κ1) is 15.5. The van der Waals surface area contributed by atoms with Gasteiger partial charge >= 0.3 is 0 Å². The van der Waals surface area contributed by atoms with Crippen LogP contribution in [-0.4, -0.2) is 33.0 Å². The van der Waals surface area contributed by atoms with Gasteiger partial charge < -0.3 is 4.90 Å². The smallest absolute Gasteiger partial charge is 0.129 e. The highest BCUT2D eigenvalue weighted by molar-refractivity contribution is 6.03. The predicted molar refractivity (Wildman–Crippen MR) is 112 cm³/mol. The fourth-order valence-electron chi connectivity index (χ4n) is 3.91. The zero-order valence-corrected chi connectivity index (χ0v) is 15.2. The Hall–Kier alpha value is -3.60. The highest BCUT2D eigenvalue weighted by Gasteiger charge is 2.30. The number of nitrogens with zero attached hydrogens (tertiary/aromatic N) is 5. The summed E-state index contributed by atoms with van der Waals surface area (Å²) in [4.78, 5) is 21.1. The quantitative estimate of drug-likeness (QED) is 0.437. The maximum atomic E-state index is 4.93. The standard InChI is InChI=1S/C23H17N5/c1-2-6-19-18(5-1)25-12-20(26-19)17-13-28(14-17)21-10-9-16-8-7-15-4-3-11-24-22(15)23(16)27-21/h1-12,17H,13-14H2. The van der Waals surface area contributed by atoms with Crippen LogP contribution in [-0.2, 0) is 0 Å². The van der Waals surface area contributed by atoms with Crippen LogP contribution in [0.2, 0.25) is 0 Å². The van der Waals surface area contributed by atoms with Gasteiger partial charge in [0, 0.05) is 42.2 Å². The van der Waals surface area contributed by atoms with Crippen molar-refractivity contribution in [3.05, 3.63) is 78.8 Å². The number of pyridine rings is 2. The van der Waals surface area contributed by atoms with Gasteiger partial charge in [-0.2, -0.15) is 0 Å². The van der Waals surface area contributed by atoms with Crippen LogP contribution >= 0.6 is 0 Å². The molecule has 1 fully saturated rings. The highest BCUT2D eigenvalue weighted by atomic mass is 15.2. The first-order valence-corrected chi connectivity index (χ1v) is 9.46. The summed E-state index contributed by atoms with van der Waals surface area (Å²) < 4.78 is 0. The SMILES string of the molecule is c1cnc2c(c1)ccc1ccc(N3CC(c4cnc5ccccc5n4)C3)nc12. The zero-order chi connectivity index (χ0) is 18.5. The monoisotopic (exact) mass is 363 g/mol. The van der Waals surface area contributed by atoms with Gasteiger partial charge in [0.15, 0.2) is 0 Å². The summed E-state index contributed by atoms with van der Waals surface area (Å²) in [5.74, 6) is 1.39. The predicted octanol–water partition coefficient (Wildman–Crippen LogP) is 4.33. The van der Waals surface area contributed by atoms with Crippen LogP contribution in [0.3, 0.4) is 0 Å². The van der Waals surface area contributed by atoms with Crippen LogP contribution in [0, 0.1) is 0 Å². The first-order chi connectivity index (χ1) is 13.8. The van der Waals surface area contributed by atoms with Crippen LogP contribution in [0.15, 0.2) is 73.1 Å². The second-order valence-corrected chi connectivity index (χ2v) is 7.27. The molecule has 0 amide bonds. The van der Waals surface area contributed by atoms with E-state index in [0.29, 0.717) is 5.92 Å². The first-order valence-electron chi connectivity index (χ1n) is 9.46. The van der Waals surface area contributed by atoms with Gasteiger partial charge in [0.2, 0.25) is 0 Å². The molecule has 4 heterocycles. The number of aromatic nitrogens is 4. The summed E-state index contributed by atoms with van der Waals surface area (Å²) in [5, 5.41) is 2.24. The van der Waals surface area contributed by atoms with E-state index in [1.807, 2.05) is 42.7 Å². The van der Waals surface area contributed by atoms with E-state index in [1.165, 1.54) is 0 Å². The van der Waals surface area contributed by atoms with Crippen molar-refractivity contribution >= 4 is 38.7 Å². The molecule has 0 spiro atoms. The Balaban J connectivity index is 1.31. The Labute approximate surface area is 161 Å². The number of rotatable bonds is 2. The zero-order valence-electron chi connectivity index (χ0n) is 15.2. The minimum absolute atomic E-state index is 0.389. The van der Waals surface area contributed by atoms with E-state index in [-0.39, 0.29) is 0 Å². The Morgan fingerprint density at radius 1 is 0.714 bits per heavy atom. The molecule has 2 aromatic carbocycles. The summed E-state index contributed by atoms with van der Waals surface area (Å²) in [6.07, 6.45) is 3.74. The van der Waals surface area contributed by atoms with Crippen molar-refractivity contribution in [2.45, 2.75) is 5.92 Å². The Morgan fingerprint density at radius 2 is 1.50 bits per heavy atom. The molecule has 1 aliphatic rings. The van der Waals surface area contributed by atoms with Crippen molar-refractivity contribution < 1.29 is 0 Å². The second kappa shape index (κ2) is 5.96. The number of anilines is 1. The molecule has 0 radical (unpaired) electrons. The second-order valence-electron chi connectivity index (χ2n) is 7.27. The van der Waals surface area contributed by atoms with Crippen molar-refractivity contribution in [2.24, 2.45) is 0 Å². The van der Waals surface area contributed by atoms with E-state index in [2.05, 4.69) is 45.2 Å². The van der Waals surface area contributed by atoms with E-state index in [1.54, 1.807) is 0 Å². The highest BCUT2D eigenvalue weighted by Crippen LogP contribution is 2.32. The lowest BCUT2D eigenvalue weighted by Crippen LogP contribution is -2.45. The largest absolute Gasteiger partial charge is 0.355 e. The minimum Gasteiger partial charge on any atom is -0.355 e. The summed E-state index contributed by atoms with van der Waals surface area (Å²) in [7, 11) is 0. The maximum absolute atomic E-state index is 4.93. The average molecular weight is 363 g/mol. The molecule has 6 rings (SSSR count). The number of benzene rings is 2. The fraction of sp³-hybridized carbons (Fsp3) is 0.130. The molecule has 0 saturated carbocycles. The van der Waals surface area contributed by atoms with Crippen LogP contribution < -0.4 is 4.90 Å². The van der Waals surface area contributed by atoms with Gasteiger partial charge in [-0.05, 0) is 30.3 Å². The molecule has 0 atom stereocenters. The lowest BCUT2D eigenvalue weighted by Gasteiger charge is -2.39. The Morgan fingerprint density at radius 3 is 2.39 bits per heavy atom. The van der Waals surface area contributed by atoms with Gasteiger partial charge in [0.25, 0.3) is 0 Å². The molecule has 0 unspecified atom stereocenters. The van der Waals surface area contributed by atoms with E-state index < -0.39 is 0 Å². The molecule has 0 aliphatic carbocycles.